The van der Waals surface area contributed by atoms with Crippen LogP contribution in [0, 0.1) is 6.92 Å². The normalized spacial score (nSPS) is 12.9. The molecule has 1 unspecified atom stereocenters. The van der Waals surface area contributed by atoms with Crippen molar-refractivity contribution < 1.29 is 0 Å². The fourth-order valence-corrected chi connectivity index (χ4v) is 2.18. The molecule has 86 valence electrons. The monoisotopic (exact) mass is 237 g/mol. The van der Waals surface area contributed by atoms with Crippen molar-refractivity contribution >= 4 is 11.7 Å². The van der Waals surface area contributed by atoms with Gasteiger partial charge in [0.15, 0.2) is 0 Å². The average Bonchev–Trinajstić information content (AvgIpc) is 2.87. The number of hydrogen-bond acceptors (Lipinski definition) is 5. The van der Waals surface area contributed by atoms with Crippen molar-refractivity contribution in [3.05, 3.63) is 29.3 Å². The van der Waals surface area contributed by atoms with Gasteiger partial charge in [-0.25, -0.2) is 0 Å². The highest BCUT2D eigenvalue weighted by molar-refractivity contribution is 6.99. The van der Waals surface area contributed by atoms with E-state index in [4.69, 9.17) is 5.73 Å². The second-order valence-electron chi connectivity index (χ2n) is 3.74. The Morgan fingerprint density at radius 3 is 3.00 bits per heavy atom. The molecule has 0 saturated carbocycles. The molecule has 2 heterocycles. The summed E-state index contributed by atoms with van der Waals surface area (Å²) in [7, 11) is 0. The first-order chi connectivity index (χ1) is 7.70. The second kappa shape index (κ2) is 4.71. The van der Waals surface area contributed by atoms with Gasteiger partial charge in [-0.3, -0.25) is 4.68 Å². The molecule has 0 fully saturated rings. The SMILES string of the molecule is CCn1nc(C)cc1CC(N)c1cnsn1. The molecule has 6 heteroatoms. The lowest BCUT2D eigenvalue weighted by Gasteiger charge is -2.09. The zero-order valence-corrected chi connectivity index (χ0v) is 10.2. The molecule has 1 atom stereocenters. The van der Waals surface area contributed by atoms with Gasteiger partial charge in [-0.1, -0.05) is 0 Å². The molecule has 0 aromatic carbocycles. The maximum absolute atomic E-state index is 6.07. The average molecular weight is 237 g/mol. The summed E-state index contributed by atoms with van der Waals surface area (Å²) in [5.41, 5.74) is 9.10. The third-order valence-electron chi connectivity index (χ3n) is 2.47. The Kier molecular flexibility index (Phi) is 3.31. The van der Waals surface area contributed by atoms with Crippen molar-refractivity contribution in [3.63, 3.8) is 0 Å². The zero-order valence-electron chi connectivity index (χ0n) is 9.42. The lowest BCUT2D eigenvalue weighted by atomic mass is 10.1. The Balaban J connectivity index is 2.14. The molecular formula is C10H15N5S. The van der Waals surface area contributed by atoms with Gasteiger partial charge in [0.1, 0.15) is 0 Å². The maximum atomic E-state index is 6.07. The molecule has 0 saturated heterocycles. The third kappa shape index (κ3) is 2.28. The summed E-state index contributed by atoms with van der Waals surface area (Å²) in [5.74, 6) is 0. The summed E-state index contributed by atoms with van der Waals surface area (Å²) >= 11 is 1.19. The van der Waals surface area contributed by atoms with Crippen LogP contribution in [0.2, 0.25) is 0 Å². The Labute approximate surface area is 98.6 Å². The largest absolute Gasteiger partial charge is 0.322 e. The minimum atomic E-state index is -0.0971. The molecule has 0 aliphatic rings. The topological polar surface area (TPSA) is 69.6 Å². The molecule has 0 amide bonds. The number of nitrogens with two attached hydrogens (primary N) is 1. The summed E-state index contributed by atoms with van der Waals surface area (Å²) in [5, 5.41) is 4.39. The van der Waals surface area contributed by atoms with Crippen molar-refractivity contribution in [2.45, 2.75) is 32.9 Å². The number of nitrogens with zero attached hydrogens (tertiary/aromatic N) is 4. The van der Waals surface area contributed by atoms with E-state index in [0.29, 0.717) is 0 Å². The summed E-state index contributed by atoms with van der Waals surface area (Å²) in [6.45, 7) is 4.93. The van der Waals surface area contributed by atoms with Gasteiger partial charge >= 0.3 is 0 Å². The van der Waals surface area contributed by atoms with E-state index in [-0.39, 0.29) is 6.04 Å². The van der Waals surface area contributed by atoms with Gasteiger partial charge in [0.2, 0.25) is 0 Å². The fourth-order valence-electron chi connectivity index (χ4n) is 1.70. The molecular weight excluding hydrogens is 222 g/mol. The number of rotatable bonds is 4. The van der Waals surface area contributed by atoms with Crippen LogP contribution < -0.4 is 5.73 Å². The lowest BCUT2D eigenvalue weighted by Crippen LogP contribution is -2.16. The Morgan fingerprint density at radius 1 is 1.56 bits per heavy atom. The lowest BCUT2D eigenvalue weighted by molar-refractivity contribution is 0.584. The molecule has 0 aliphatic heterocycles. The molecule has 0 bridgehead atoms. The van der Waals surface area contributed by atoms with E-state index >= 15 is 0 Å². The fraction of sp³-hybridized carbons (Fsp3) is 0.500. The number of aromatic nitrogens is 4. The van der Waals surface area contributed by atoms with E-state index in [2.05, 4.69) is 26.8 Å². The molecule has 2 aromatic rings. The first-order valence-electron chi connectivity index (χ1n) is 5.27. The van der Waals surface area contributed by atoms with Gasteiger partial charge in [-0.05, 0) is 19.9 Å². The van der Waals surface area contributed by atoms with E-state index < -0.39 is 0 Å². The molecule has 16 heavy (non-hydrogen) atoms. The van der Waals surface area contributed by atoms with Gasteiger partial charge in [0, 0.05) is 18.7 Å². The molecule has 2 N–H and O–H groups in total. The van der Waals surface area contributed by atoms with Gasteiger partial charge in [-0.2, -0.15) is 13.8 Å². The Hall–Kier alpha value is -1.27. The van der Waals surface area contributed by atoms with E-state index in [1.165, 1.54) is 11.7 Å². The Morgan fingerprint density at radius 2 is 2.38 bits per heavy atom. The van der Waals surface area contributed by atoms with Gasteiger partial charge in [0.05, 0.1) is 35.4 Å². The van der Waals surface area contributed by atoms with Crippen LogP contribution in [0.5, 0.6) is 0 Å². The van der Waals surface area contributed by atoms with Crippen molar-refractivity contribution in [1.29, 1.82) is 0 Å². The van der Waals surface area contributed by atoms with Crippen LogP contribution in [0.4, 0.5) is 0 Å². The van der Waals surface area contributed by atoms with Crippen LogP contribution in [0.3, 0.4) is 0 Å². The summed E-state index contributed by atoms with van der Waals surface area (Å²) < 4.78 is 10.1. The molecule has 0 aliphatic carbocycles. The van der Waals surface area contributed by atoms with Crippen molar-refractivity contribution in [3.8, 4) is 0 Å². The van der Waals surface area contributed by atoms with Crippen molar-refractivity contribution in [1.82, 2.24) is 18.5 Å². The van der Waals surface area contributed by atoms with Crippen LogP contribution in [-0.4, -0.2) is 18.5 Å². The first kappa shape index (κ1) is 11.2. The highest BCUT2D eigenvalue weighted by atomic mass is 32.1. The molecule has 2 rings (SSSR count). The quantitative estimate of drug-likeness (QED) is 0.870. The minimum absolute atomic E-state index is 0.0971. The van der Waals surface area contributed by atoms with Crippen LogP contribution >= 0.6 is 11.7 Å². The molecule has 2 aromatic heterocycles. The van der Waals surface area contributed by atoms with Crippen LogP contribution in [0.1, 0.15) is 30.0 Å². The first-order valence-corrected chi connectivity index (χ1v) is 6.00. The zero-order chi connectivity index (χ0) is 11.5. The highest BCUT2D eigenvalue weighted by Gasteiger charge is 2.13. The van der Waals surface area contributed by atoms with E-state index in [9.17, 15) is 0 Å². The Bertz CT molecular complexity index is 448. The van der Waals surface area contributed by atoms with Crippen molar-refractivity contribution in [2.24, 2.45) is 5.73 Å². The van der Waals surface area contributed by atoms with E-state index in [1.807, 2.05) is 11.6 Å². The van der Waals surface area contributed by atoms with Crippen LogP contribution in [0.15, 0.2) is 12.3 Å². The van der Waals surface area contributed by atoms with Gasteiger partial charge in [0.25, 0.3) is 0 Å². The van der Waals surface area contributed by atoms with Crippen LogP contribution in [-0.2, 0) is 13.0 Å². The smallest absolute Gasteiger partial charge is 0.0914 e. The third-order valence-corrected chi connectivity index (χ3v) is 2.96. The number of hydrogen-bond donors (Lipinski definition) is 1. The number of aryl methyl sites for hydroxylation is 2. The summed E-state index contributed by atoms with van der Waals surface area (Å²) in [6.07, 6.45) is 2.48. The maximum Gasteiger partial charge on any atom is 0.0914 e. The van der Waals surface area contributed by atoms with Gasteiger partial charge in [-0.15, -0.1) is 0 Å². The summed E-state index contributed by atoms with van der Waals surface area (Å²) in [6, 6.07) is 1.98. The minimum Gasteiger partial charge on any atom is -0.322 e. The van der Waals surface area contributed by atoms with Gasteiger partial charge < -0.3 is 5.73 Å². The van der Waals surface area contributed by atoms with Crippen molar-refractivity contribution in [2.75, 3.05) is 0 Å². The second-order valence-corrected chi connectivity index (χ2v) is 4.29. The highest BCUT2D eigenvalue weighted by Crippen LogP contribution is 2.15. The van der Waals surface area contributed by atoms with E-state index in [1.54, 1.807) is 6.20 Å². The van der Waals surface area contributed by atoms with E-state index in [0.717, 1.165) is 30.0 Å². The predicted octanol–water partition coefficient (Wildman–Crippen LogP) is 1.31. The summed E-state index contributed by atoms with van der Waals surface area (Å²) in [4.78, 5) is 0. The molecule has 5 nitrogen and oxygen atoms in total. The molecule has 0 radical (unpaired) electrons. The predicted molar refractivity (Wildman–Crippen MR) is 63.2 cm³/mol. The molecule has 0 spiro atoms. The van der Waals surface area contributed by atoms with Crippen LogP contribution in [0.25, 0.3) is 0 Å². The standard InChI is InChI=1S/C10H15N5S/c1-3-15-8(4-7(2)13-15)5-9(11)10-6-12-16-14-10/h4,6,9H,3,5,11H2,1-2H3.